The fraction of sp³-hybridized carbons (Fsp3) is 0.226. The summed E-state index contributed by atoms with van der Waals surface area (Å²) in [6.07, 6.45) is -7.46. The van der Waals surface area contributed by atoms with Gasteiger partial charge in [0.05, 0.1) is 17.7 Å². The summed E-state index contributed by atoms with van der Waals surface area (Å²) in [4.78, 5) is 42.7. The molecule has 47 heavy (non-hydrogen) atoms. The van der Waals surface area contributed by atoms with Crippen LogP contribution in [0.25, 0.3) is 22.4 Å². The molecule has 16 heteroatoms. The predicted octanol–water partition coefficient (Wildman–Crippen LogP) is 7.19. The van der Waals surface area contributed by atoms with E-state index in [1.165, 1.54) is 48.5 Å². The van der Waals surface area contributed by atoms with E-state index < -0.39 is 59.4 Å². The summed E-state index contributed by atoms with van der Waals surface area (Å²) in [7, 11) is 1.38. The van der Waals surface area contributed by atoms with Crippen LogP contribution in [-0.4, -0.2) is 51.5 Å². The Hall–Kier alpha value is -4.74. The molecule has 2 aromatic carbocycles. The van der Waals surface area contributed by atoms with E-state index in [0.717, 1.165) is 17.0 Å². The minimum Gasteiger partial charge on any atom is -0.507 e. The van der Waals surface area contributed by atoms with E-state index in [0.29, 0.717) is 6.07 Å². The molecular weight excluding hydrogens is 677 g/mol. The average molecular weight is 699 g/mol. The number of H-pyrrole nitrogens is 1. The van der Waals surface area contributed by atoms with Gasteiger partial charge in [0.25, 0.3) is 11.5 Å². The number of hydrogen-bond donors (Lipinski definition) is 2. The van der Waals surface area contributed by atoms with Crippen LogP contribution in [-0.2, 0) is 22.3 Å². The molecule has 2 heterocycles. The number of alkyl halides is 6. The number of phenols is 1. The van der Waals surface area contributed by atoms with Crippen molar-refractivity contribution in [3.63, 3.8) is 0 Å². The molecule has 0 radical (unpaired) electrons. The summed E-state index contributed by atoms with van der Waals surface area (Å²) >= 11 is 12.5. The molecule has 3 aromatic rings. The molecule has 0 aliphatic carbocycles. The first-order valence-corrected chi connectivity index (χ1v) is 14.2. The van der Waals surface area contributed by atoms with Crippen LogP contribution in [0, 0.1) is 11.3 Å². The minimum atomic E-state index is -4.75. The number of phenolic OH excluding ortho intramolecular Hbond substituents is 1. The van der Waals surface area contributed by atoms with E-state index in [-0.39, 0.29) is 56.7 Å². The SMILES string of the molecule is CN(Cc1cc(Cl)cc(-c2cc(-c3cc(C(F)(F)F)ccc3Cl)c(C#N)c(=O)[nH]2)c1O)C(=O)C1=CCN(C(=O)CCC(F)(F)F)C=C1. The van der Waals surface area contributed by atoms with Crippen molar-refractivity contribution in [2.75, 3.05) is 13.6 Å². The third kappa shape index (κ3) is 8.16. The van der Waals surface area contributed by atoms with E-state index in [4.69, 9.17) is 23.2 Å². The van der Waals surface area contributed by atoms with Crippen molar-refractivity contribution in [1.29, 1.82) is 5.26 Å². The number of carbonyl (C=O) groups is 2. The number of nitrogens with zero attached hydrogens (tertiary/aromatic N) is 3. The quantitative estimate of drug-likeness (QED) is 0.253. The van der Waals surface area contributed by atoms with Gasteiger partial charge in [0.2, 0.25) is 5.91 Å². The molecule has 0 bridgehead atoms. The first-order valence-electron chi connectivity index (χ1n) is 13.5. The van der Waals surface area contributed by atoms with E-state index in [1.807, 2.05) is 0 Å². The lowest BCUT2D eigenvalue weighted by Crippen LogP contribution is -2.32. The maximum Gasteiger partial charge on any atom is 0.416 e. The monoisotopic (exact) mass is 698 g/mol. The molecule has 2 N–H and O–H groups in total. The number of hydrogen-bond acceptors (Lipinski definition) is 5. The molecule has 1 aliphatic rings. The molecule has 1 aliphatic heterocycles. The van der Waals surface area contributed by atoms with Gasteiger partial charge in [0, 0.05) is 70.6 Å². The van der Waals surface area contributed by atoms with Crippen LogP contribution >= 0.6 is 23.2 Å². The van der Waals surface area contributed by atoms with Crippen LogP contribution in [0.3, 0.4) is 0 Å². The standard InChI is InChI=1S/C31H22Cl2F6N4O4/c1-42(29(47)16-5-8-43(9-6-16)26(44)4-7-30(34,35)36)15-17-10-19(32)12-22(27(17)45)25-13-20(23(14-40)28(46)41-25)21-11-18(31(37,38)39)2-3-24(21)33/h2-3,5-6,8,10-13,45H,4,7,9,15H2,1H3,(H,41,46). The molecule has 8 nitrogen and oxygen atoms in total. The lowest BCUT2D eigenvalue weighted by atomic mass is 9.96. The van der Waals surface area contributed by atoms with Crippen LogP contribution in [0.4, 0.5) is 26.3 Å². The van der Waals surface area contributed by atoms with Crippen molar-refractivity contribution in [2.45, 2.75) is 31.7 Å². The number of rotatable bonds is 7. The summed E-state index contributed by atoms with van der Waals surface area (Å²) in [5, 5.41) is 20.7. The number of aromatic hydroxyl groups is 1. The second-order valence-corrected chi connectivity index (χ2v) is 11.2. The van der Waals surface area contributed by atoms with Crippen molar-refractivity contribution in [2.24, 2.45) is 0 Å². The minimum absolute atomic E-state index is 0.0438. The zero-order valence-electron chi connectivity index (χ0n) is 24.1. The highest BCUT2D eigenvalue weighted by atomic mass is 35.5. The Balaban J connectivity index is 1.63. The fourth-order valence-electron chi connectivity index (χ4n) is 4.70. The number of halogens is 8. The number of nitriles is 1. The van der Waals surface area contributed by atoms with Crippen LogP contribution in [0.2, 0.25) is 10.0 Å². The highest BCUT2D eigenvalue weighted by Crippen LogP contribution is 2.40. The highest BCUT2D eigenvalue weighted by molar-refractivity contribution is 6.33. The van der Waals surface area contributed by atoms with Gasteiger partial charge in [-0.2, -0.15) is 31.6 Å². The van der Waals surface area contributed by atoms with E-state index in [2.05, 4.69) is 4.98 Å². The molecule has 0 saturated carbocycles. The third-order valence-electron chi connectivity index (χ3n) is 7.06. The zero-order valence-corrected chi connectivity index (χ0v) is 25.6. The molecule has 0 saturated heterocycles. The first kappa shape index (κ1) is 35.1. The summed E-state index contributed by atoms with van der Waals surface area (Å²) in [6.45, 7) is -0.386. The smallest absolute Gasteiger partial charge is 0.416 e. The summed E-state index contributed by atoms with van der Waals surface area (Å²) in [5.41, 5.74) is -3.08. The second kappa shape index (κ2) is 13.5. The molecule has 4 rings (SSSR count). The Labute approximate surface area is 272 Å². The van der Waals surface area contributed by atoms with Crippen molar-refractivity contribution in [3.8, 4) is 34.2 Å². The number of amides is 2. The Kier molecular flexibility index (Phi) is 10.1. The van der Waals surface area contributed by atoms with Gasteiger partial charge in [0.15, 0.2) is 0 Å². The lowest BCUT2D eigenvalue weighted by molar-refractivity contribution is -0.147. The van der Waals surface area contributed by atoms with E-state index in [1.54, 1.807) is 6.07 Å². The van der Waals surface area contributed by atoms with Gasteiger partial charge >= 0.3 is 12.4 Å². The maximum atomic E-state index is 13.4. The average Bonchev–Trinajstić information content (AvgIpc) is 3.00. The number of aromatic nitrogens is 1. The van der Waals surface area contributed by atoms with E-state index in [9.17, 15) is 51.1 Å². The lowest BCUT2D eigenvalue weighted by Gasteiger charge is -2.24. The van der Waals surface area contributed by atoms with E-state index >= 15 is 0 Å². The third-order valence-corrected chi connectivity index (χ3v) is 7.61. The summed E-state index contributed by atoms with van der Waals surface area (Å²) in [6, 6.07) is 7.84. The number of nitrogens with one attached hydrogen (secondary N) is 1. The van der Waals surface area contributed by atoms with Crippen molar-refractivity contribution >= 4 is 35.0 Å². The number of aromatic amines is 1. The van der Waals surface area contributed by atoms with Gasteiger partial charge in [-0.1, -0.05) is 29.3 Å². The van der Waals surface area contributed by atoms with Gasteiger partial charge in [-0.15, -0.1) is 0 Å². The zero-order chi connectivity index (χ0) is 34.8. The highest BCUT2D eigenvalue weighted by Gasteiger charge is 2.32. The largest absolute Gasteiger partial charge is 0.507 e. The Morgan fingerprint density at radius 1 is 1.06 bits per heavy atom. The van der Waals surface area contributed by atoms with Gasteiger partial charge in [0.1, 0.15) is 17.4 Å². The molecule has 2 amide bonds. The van der Waals surface area contributed by atoms with Crippen molar-refractivity contribution < 1.29 is 41.0 Å². The second-order valence-electron chi connectivity index (χ2n) is 10.4. The molecule has 246 valence electrons. The molecular formula is C31H22Cl2F6N4O4. The maximum absolute atomic E-state index is 13.4. The molecule has 1 aromatic heterocycles. The van der Waals surface area contributed by atoms with Crippen molar-refractivity contribution in [1.82, 2.24) is 14.8 Å². The molecule has 0 spiro atoms. The normalized spacial score (nSPS) is 13.3. The van der Waals surface area contributed by atoms with Crippen molar-refractivity contribution in [3.05, 3.63) is 97.4 Å². The summed E-state index contributed by atoms with van der Waals surface area (Å²) < 4.78 is 77.7. The molecule has 0 fully saturated rings. The topological polar surface area (TPSA) is 118 Å². The van der Waals surface area contributed by atoms with Crippen LogP contribution in [0.5, 0.6) is 5.75 Å². The Morgan fingerprint density at radius 2 is 1.77 bits per heavy atom. The number of benzene rings is 2. The number of carbonyl (C=O) groups excluding carboxylic acids is 2. The number of pyridine rings is 1. The van der Waals surface area contributed by atoms with Crippen LogP contribution < -0.4 is 5.56 Å². The number of likely N-dealkylation sites (N-methyl/N-ethyl adjacent to an activating group) is 1. The van der Waals surface area contributed by atoms with Crippen LogP contribution in [0.1, 0.15) is 29.5 Å². The first-order chi connectivity index (χ1) is 21.9. The fourth-order valence-corrected chi connectivity index (χ4v) is 5.16. The molecule has 0 unspecified atom stereocenters. The summed E-state index contributed by atoms with van der Waals surface area (Å²) in [5.74, 6) is -1.80. The van der Waals surface area contributed by atoms with Crippen LogP contribution in [0.15, 0.2) is 65.1 Å². The Bertz CT molecular complexity index is 1910. The Morgan fingerprint density at radius 3 is 2.36 bits per heavy atom. The van der Waals surface area contributed by atoms with Gasteiger partial charge in [-0.3, -0.25) is 14.4 Å². The van der Waals surface area contributed by atoms with Gasteiger partial charge < -0.3 is 19.9 Å². The molecule has 0 atom stereocenters. The predicted molar refractivity (Wildman–Crippen MR) is 160 cm³/mol. The van der Waals surface area contributed by atoms with Gasteiger partial charge in [-0.25, -0.2) is 0 Å². The van der Waals surface area contributed by atoms with Gasteiger partial charge in [-0.05, 0) is 42.5 Å².